The standard InChI is InChI=1S/C14H17N3O3/c1-9(14-15-10(2)16-20-14)17(3)7-11-4-5-12-13(6-11)19-8-18-12/h4-6,9H,7-8H2,1-3H3. The fraction of sp³-hybridized carbons (Fsp3) is 0.429. The van der Waals surface area contributed by atoms with E-state index in [0.29, 0.717) is 18.5 Å². The highest BCUT2D eigenvalue weighted by Crippen LogP contribution is 2.33. The molecule has 6 nitrogen and oxygen atoms in total. The second-order valence-electron chi connectivity index (χ2n) is 4.96. The molecule has 20 heavy (non-hydrogen) atoms. The van der Waals surface area contributed by atoms with Gasteiger partial charge in [0, 0.05) is 6.54 Å². The third-order valence-corrected chi connectivity index (χ3v) is 3.43. The molecular weight excluding hydrogens is 258 g/mol. The Bertz CT molecular complexity index is 611. The van der Waals surface area contributed by atoms with Crippen molar-refractivity contribution >= 4 is 0 Å². The van der Waals surface area contributed by atoms with Gasteiger partial charge in [0.2, 0.25) is 12.7 Å². The van der Waals surface area contributed by atoms with Crippen molar-refractivity contribution in [3.05, 3.63) is 35.5 Å². The Balaban J connectivity index is 1.70. The van der Waals surface area contributed by atoms with E-state index in [2.05, 4.69) is 15.0 Å². The normalized spacial score (nSPS) is 14.8. The average molecular weight is 275 g/mol. The first-order valence-electron chi connectivity index (χ1n) is 6.52. The molecule has 1 aliphatic heterocycles. The number of ether oxygens (including phenoxy) is 2. The zero-order valence-corrected chi connectivity index (χ0v) is 11.8. The van der Waals surface area contributed by atoms with E-state index in [9.17, 15) is 0 Å². The summed E-state index contributed by atoms with van der Waals surface area (Å²) in [5.74, 6) is 2.89. The molecule has 0 amide bonds. The molecule has 1 aromatic carbocycles. The van der Waals surface area contributed by atoms with Crippen molar-refractivity contribution < 1.29 is 14.0 Å². The van der Waals surface area contributed by atoms with E-state index in [1.807, 2.05) is 39.1 Å². The van der Waals surface area contributed by atoms with Crippen LogP contribution >= 0.6 is 0 Å². The number of nitrogens with zero attached hydrogens (tertiary/aromatic N) is 3. The predicted octanol–water partition coefficient (Wildman–Crippen LogP) is 2.30. The number of rotatable bonds is 4. The van der Waals surface area contributed by atoms with Crippen LogP contribution in [-0.2, 0) is 6.54 Å². The SMILES string of the molecule is Cc1noc(C(C)N(C)Cc2ccc3c(c2)OCO3)n1. The Morgan fingerprint density at radius 2 is 2.10 bits per heavy atom. The van der Waals surface area contributed by atoms with Gasteiger partial charge >= 0.3 is 0 Å². The van der Waals surface area contributed by atoms with Crippen LogP contribution in [0.4, 0.5) is 0 Å². The Morgan fingerprint density at radius 1 is 1.30 bits per heavy atom. The lowest BCUT2D eigenvalue weighted by Gasteiger charge is -2.21. The number of hydrogen-bond donors (Lipinski definition) is 0. The van der Waals surface area contributed by atoms with Gasteiger partial charge in [0.05, 0.1) is 6.04 Å². The van der Waals surface area contributed by atoms with Crippen molar-refractivity contribution in [3.63, 3.8) is 0 Å². The minimum Gasteiger partial charge on any atom is -0.454 e. The third kappa shape index (κ3) is 2.46. The summed E-state index contributed by atoms with van der Waals surface area (Å²) in [4.78, 5) is 6.41. The lowest BCUT2D eigenvalue weighted by atomic mass is 10.1. The minimum absolute atomic E-state index is 0.0571. The van der Waals surface area contributed by atoms with Gasteiger partial charge in [0.1, 0.15) is 0 Å². The summed E-state index contributed by atoms with van der Waals surface area (Å²) in [6, 6.07) is 6.04. The van der Waals surface area contributed by atoms with Gasteiger partial charge in [-0.05, 0) is 38.6 Å². The van der Waals surface area contributed by atoms with E-state index in [1.54, 1.807) is 0 Å². The molecule has 0 aliphatic carbocycles. The molecule has 0 spiro atoms. The molecule has 2 aromatic rings. The summed E-state index contributed by atoms with van der Waals surface area (Å²) in [5, 5.41) is 3.83. The van der Waals surface area contributed by atoms with Crippen molar-refractivity contribution in [2.75, 3.05) is 13.8 Å². The molecule has 0 bridgehead atoms. The zero-order chi connectivity index (χ0) is 14.1. The van der Waals surface area contributed by atoms with Crippen LogP contribution in [0.2, 0.25) is 0 Å². The predicted molar refractivity (Wildman–Crippen MR) is 71.5 cm³/mol. The molecule has 1 aliphatic rings. The number of aryl methyl sites for hydroxylation is 1. The average Bonchev–Trinajstić information content (AvgIpc) is 3.05. The van der Waals surface area contributed by atoms with Crippen LogP contribution in [0.15, 0.2) is 22.7 Å². The lowest BCUT2D eigenvalue weighted by Crippen LogP contribution is -2.22. The van der Waals surface area contributed by atoms with Gasteiger partial charge in [-0.3, -0.25) is 4.90 Å². The molecule has 106 valence electrons. The molecule has 0 saturated carbocycles. The van der Waals surface area contributed by atoms with Crippen LogP contribution in [0.3, 0.4) is 0 Å². The second kappa shape index (κ2) is 5.13. The molecule has 6 heteroatoms. The van der Waals surface area contributed by atoms with Crippen molar-refractivity contribution in [1.29, 1.82) is 0 Å². The summed E-state index contributed by atoms with van der Waals surface area (Å²) in [7, 11) is 2.02. The van der Waals surface area contributed by atoms with E-state index in [-0.39, 0.29) is 6.04 Å². The van der Waals surface area contributed by atoms with Crippen molar-refractivity contribution in [1.82, 2.24) is 15.0 Å². The largest absolute Gasteiger partial charge is 0.454 e. The van der Waals surface area contributed by atoms with Gasteiger partial charge in [-0.25, -0.2) is 0 Å². The summed E-state index contributed by atoms with van der Waals surface area (Å²) in [6.07, 6.45) is 0. The highest BCUT2D eigenvalue weighted by atomic mass is 16.7. The van der Waals surface area contributed by atoms with Gasteiger partial charge in [0.25, 0.3) is 0 Å². The van der Waals surface area contributed by atoms with Gasteiger partial charge in [-0.2, -0.15) is 4.98 Å². The Labute approximate surface area is 117 Å². The topological polar surface area (TPSA) is 60.6 Å². The van der Waals surface area contributed by atoms with Crippen molar-refractivity contribution in [3.8, 4) is 11.5 Å². The van der Waals surface area contributed by atoms with Crippen LogP contribution < -0.4 is 9.47 Å². The highest BCUT2D eigenvalue weighted by molar-refractivity contribution is 5.44. The van der Waals surface area contributed by atoms with E-state index in [0.717, 1.165) is 23.6 Å². The number of aromatic nitrogens is 2. The van der Waals surface area contributed by atoms with E-state index in [4.69, 9.17) is 14.0 Å². The van der Waals surface area contributed by atoms with Crippen LogP contribution in [0.1, 0.15) is 30.2 Å². The highest BCUT2D eigenvalue weighted by Gasteiger charge is 2.19. The Hall–Kier alpha value is -2.08. The smallest absolute Gasteiger partial charge is 0.243 e. The van der Waals surface area contributed by atoms with Crippen LogP contribution in [0.25, 0.3) is 0 Å². The maximum atomic E-state index is 5.39. The Morgan fingerprint density at radius 3 is 2.85 bits per heavy atom. The van der Waals surface area contributed by atoms with Crippen molar-refractivity contribution in [2.45, 2.75) is 26.4 Å². The number of benzene rings is 1. The van der Waals surface area contributed by atoms with E-state index >= 15 is 0 Å². The third-order valence-electron chi connectivity index (χ3n) is 3.43. The fourth-order valence-corrected chi connectivity index (χ4v) is 2.14. The maximum Gasteiger partial charge on any atom is 0.243 e. The summed E-state index contributed by atoms with van der Waals surface area (Å²) in [6.45, 7) is 4.92. The minimum atomic E-state index is 0.0571. The molecule has 1 unspecified atom stereocenters. The lowest BCUT2D eigenvalue weighted by molar-refractivity contribution is 0.173. The quantitative estimate of drug-likeness (QED) is 0.853. The van der Waals surface area contributed by atoms with Crippen LogP contribution in [0.5, 0.6) is 11.5 Å². The van der Waals surface area contributed by atoms with Crippen molar-refractivity contribution in [2.24, 2.45) is 0 Å². The molecule has 2 heterocycles. The first-order chi connectivity index (χ1) is 9.63. The van der Waals surface area contributed by atoms with Gasteiger partial charge in [-0.1, -0.05) is 11.2 Å². The zero-order valence-electron chi connectivity index (χ0n) is 11.8. The molecule has 0 saturated heterocycles. The summed E-state index contributed by atoms with van der Waals surface area (Å²) < 4.78 is 15.9. The molecule has 0 radical (unpaired) electrons. The van der Waals surface area contributed by atoms with Crippen LogP contribution in [0, 0.1) is 6.92 Å². The Kier molecular flexibility index (Phi) is 3.31. The number of fused-ring (bicyclic) bond motifs is 1. The summed E-state index contributed by atoms with van der Waals surface area (Å²) in [5.41, 5.74) is 1.15. The van der Waals surface area contributed by atoms with E-state index < -0.39 is 0 Å². The monoisotopic (exact) mass is 275 g/mol. The maximum absolute atomic E-state index is 5.39. The van der Waals surface area contributed by atoms with E-state index in [1.165, 1.54) is 0 Å². The van der Waals surface area contributed by atoms with Crippen LogP contribution in [-0.4, -0.2) is 28.9 Å². The molecule has 0 fully saturated rings. The second-order valence-corrected chi connectivity index (χ2v) is 4.96. The first-order valence-corrected chi connectivity index (χ1v) is 6.52. The fourth-order valence-electron chi connectivity index (χ4n) is 2.14. The summed E-state index contributed by atoms with van der Waals surface area (Å²) >= 11 is 0. The number of hydrogen-bond acceptors (Lipinski definition) is 6. The molecule has 0 N–H and O–H groups in total. The molecular formula is C14H17N3O3. The van der Waals surface area contributed by atoms with Gasteiger partial charge in [-0.15, -0.1) is 0 Å². The van der Waals surface area contributed by atoms with Gasteiger partial charge in [0.15, 0.2) is 17.3 Å². The molecule has 1 aromatic heterocycles. The molecule has 1 atom stereocenters. The molecule has 3 rings (SSSR count). The first kappa shape index (κ1) is 12.9. The van der Waals surface area contributed by atoms with Gasteiger partial charge < -0.3 is 14.0 Å².